The molecule has 0 atom stereocenters. The number of aromatic nitrogens is 1. The van der Waals surface area contributed by atoms with E-state index < -0.39 is 12.4 Å². The van der Waals surface area contributed by atoms with Crippen molar-refractivity contribution < 1.29 is 18.3 Å². The zero-order valence-electron chi connectivity index (χ0n) is 8.04. The van der Waals surface area contributed by atoms with E-state index in [0.29, 0.717) is 0 Å². The summed E-state index contributed by atoms with van der Waals surface area (Å²) >= 11 is 0. The Kier molecular flexibility index (Phi) is 3.54. The highest BCUT2D eigenvalue weighted by molar-refractivity contribution is 5.72. The van der Waals surface area contributed by atoms with E-state index in [1.54, 1.807) is 0 Å². The zero-order valence-corrected chi connectivity index (χ0v) is 8.04. The van der Waals surface area contributed by atoms with Crippen LogP contribution in [-0.2, 0) is 16.0 Å². The molecule has 0 saturated carbocycles. The summed E-state index contributed by atoms with van der Waals surface area (Å²) in [5, 5.41) is 0. The van der Waals surface area contributed by atoms with Crippen LogP contribution in [0.5, 0.6) is 0 Å². The van der Waals surface area contributed by atoms with Crippen LogP contribution >= 0.6 is 0 Å². The lowest BCUT2D eigenvalue weighted by atomic mass is 10.2. The van der Waals surface area contributed by atoms with Gasteiger partial charge in [-0.2, -0.15) is 0 Å². The van der Waals surface area contributed by atoms with Gasteiger partial charge in [-0.05, 0) is 12.1 Å². The van der Waals surface area contributed by atoms with E-state index in [1.165, 1.54) is 7.11 Å². The van der Waals surface area contributed by atoms with Crippen molar-refractivity contribution in [2.45, 2.75) is 12.8 Å². The third-order valence-corrected chi connectivity index (χ3v) is 1.73. The predicted octanol–water partition coefficient (Wildman–Crippen LogP) is 1.32. The van der Waals surface area contributed by atoms with Gasteiger partial charge in [0.15, 0.2) is 0 Å². The number of pyridine rings is 1. The van der Waals surface area contributed by atoms with Crippen LogP contribution in [0.25, 0.3) is 0 Å². The van der Waals surface area contributed by atoms with Crippen LogP contribution in [0.2, 0.25) is 0 Å². The fourth-order valence-corrected chi connectivity index (χ4v) is 1.07. The van der Waals surface area contributed by atoms with Crippen molar-refractivity contribution in [2.75, 3.05) is 12.8 Å². The number of carbonyl (C=O) groups excluding carboxylic acids is 1. The first-order valence-electron chi connectivity index (χ1n) is 4.14. The quantitative estimate of drug-likeness (QED) is 0.774. The molecule has 15 heavy (non-hydrogen) atoms. The molecule has 0 radical (unpaired) electrons. The number of methoxy groups -OCH3 is 1. The van der Waals surface area contributed by atoms with Gasteiger partial charge in [0, 0.05) is 5.56 Å². The lowest BCUT2D eigenvalue weighted by Crippen LogP contribution is -2.08. The molecule has 0 spiro atoms. The van der Waals surface area contributed by atoms with Crippen LogP contribution in [0.15, 0.2) is 12.1 Å². The summed E-state index contributed by atoms with van der Waals surface area (Å²) in [6.45, 7) is 0. The number of nitrogen functional groups attached to an aromatic ring is 1. The Morgan fingerprint density at radius 1 is 1.60 bits per heavy atom. The molecule has 82 valence electrons. The first kappa shape index (κ1) is 11.4. The van der Waals surface area contributed by atoms with Crippen LogP contribution in [0, 0.1) is 0 Å². The van der Waals surface area contributed by atoms with E-state index >= 15 is 0 Å². The van der Waals surface area contributed by atoms with Crippen molar-refractivity contribution >= 4 is 11.8 Å². The average molecular weight is 216 g/mol. The molecule has 0 amide bonds. The van der Waals surface area contributed by atoms with Gasteiger partial charge in [-0.15, -0.1) is 0 Å². The van der Waals surface area contributed by atoms with Crippen LogP contribution in [0.3, 0.4) is 0 Å². The molecule has 0 bridgehead atoms. The minimum atomic E-state index is -2.63. The van der Waals surface area contributed by atoms with Gasteiger partial charge in [0.25, 0.3) is 6.43 Å². The molecule has 6 heteroatoms. The van der Waals surface area contributed by atoms with E-state index in [2.05, 4.69) is 9.72 Å². The van der Waals surface area contributed by atoms with E-state index in [9.17, 15) is 13.6 Å². The number of hydrogen-bond donors (Lipinski definition) is 1. The molecule has 0 aromatic carbocycles. The van der Waals surface area contributed by atoms with Gasteiger partial charge in [-0.1, -0.05) is 0 Å². The van der Waals surface area contributed by atoms with E-state index in [1.807, 2.05) is 0 Å². The molecule has 0 aliphatic carbocycles. The summed E-state index contributed by atoms with van der Waals surface area (Å²) in [6.07, 6.45) is -2.80. The SMILES string of the molecule is COC(=O)Cc1cc(C(F)F)cc(N)n1. The molecule has 4 nitrogen and oxygen atoms in total. The number of ether oxygens (including phenoxy) is 1. The Balaban J connectivity index is 2.93. The van der Waals surface area contributed by atoms with Gasteiger partial charge in [0.2, 0.25) is 0 Å². The third-order valence-electron chi connectivity index (χ3n) is 1.73. The maximum Gasteiger partial charge on any atom is 0.311 e. The standard InChI is InChI=1S/C9H10F2N2O2/c1-15-8(14)4-6-2-5(9(10)11)3-7(12)13-6/h2-3,9H,4H2,1H3,(H2,12,13). The highest BCUT2D eigenvalue weighted by Gasteiger charge is 2.12. The Morgan fingerprint density at radius 3 is 2.80 bits per heavy atom. The minimum absolute atomic E-state index is 0.0355. The summed E-state index contributed by atoms with van der Waals surface area (Å²) in [5.74, 6) is -0.583. The van der Waals surface area contributed by atoms with Crippen LogP contribution in [-0.4, -0.2) is 18.1 Å². The second kappa shape index (κ2) is 4.68. The largest absolute Gasteiger partial charge is 0.469 e. The molecular formula is C9H10F2N2O2. The number of hydrogen-bond acceptors (Lipinski definition) is 4. The summed E-state index contributed by atoms with van der Waals surface area (Å²) in [6, 6.07) is 2.21. The summed E-state index contributed by atoms with van der Waals surface area (Å²) in [7, 11) is 1.21. The number of alkyl halides is 2. The highest BCUT2D eigenvalue weighted by atomic mass is 19.3. The highest BCUT2D eigenvalue weighted by Crippen LogP contribution is 2.21. The molecule has 2 N–H and O–H groups in total. The number of rotatable bonds is 3. The molecule has 0 aliphatic heterocycles. The Morgan fingerprint density at radius 2 is 2.27 bits per heavy atom. The van der Waals surface area contributed by atoms with Gasteiger partial charge in [-0.3, -0.25) is 4.79 Å². The Hall–Kier alpha value is -1.72. The Labute approximate surface area is 85.1 Å². The van der Waals surface area contributed by atoms with E-state index in [0.717, 1.165) is 12.1 Å². The summed E-state index contributed by atoms with van der Waals surface area (Å²) in [4.78, 5) is 14.6. The molecule has 1 aromatic heterocycles. The normalized spacial score (nSPS) is 10.4. The van der Waals surface area contributed by atoms with Gasteiger partial charge < -0.3 is 10.5 Å². The molecule has 1 rings (SSSR count). The van der Waals surface area contributed by atoms with Gasteiger partial charge in [0.1, 0.15) is 5.82 Å². The second-order valence-corrected chi connectivity index (χ2v) is 2.87. The maximum atomic E-state index is 12.3. The van der Waals surface area contributed by atoms with E-state index in [4.69, 9.17) is 5.73 Å². The molecule has 1 heterocycles. The number of nitrogens with two attached hydrogens (primary N) is 1. The Bertz CT molecular complexity index is 369. The average Bonchev–Trinajstić information content (AvgIpc) is 2.16. The lowest BCUT2D eigenvalue weighted by Gasteiger charge is -2.04. The van der Waals surface area contributed by atoms with Crippen LogP contribution < -0.4 is 5.73 Å². The molecule has 1 aromatic rings. The van der Waals surface area contributed by atoms with Crippen molar-refractivity contribution in [1.82, 2.24) is 4.98 Å². The van der Waals surface area contributed by atoms with Gasteiger partial charge in [0.05, 0.1) is 19.2 Å². The van der Waals surface area contributed by atoms with Crippen LogP contribution in [0.4, 0.5) is 14.6 Å². The second-order valence-electron chi connectivity index (χ2n) is 2.87. The fourth-order valence-electron chi connectivity index (χ4n) is 1.07. The number of carbonyl (C=O) groups is 1. The molecular weight excluding hydrogens is 206 g/mol. The van der Waals surface area contributed by atoms with Crippen molar-refractivity contribution in [3.05, 3.63) is 23.4 Å². The first-order chi connectivity index (χ1) is 7.02. The number of esters is 1. The molecule has 0 unspecified atom stereocenters. The first-order valence-corrected chi connectivity index (χ1v) is 4.14. The predicted molar refractivity (Wildman–Crippen MR) is 49.3 cm³/mol. The van der Waals surface area contributed by atoms with E-state index in [-0.39, 0.29) is 23.5 Å². The molecule has 0 saturated heterocycles. The summed E-state index contributed by atoms with van der Waals surface area (Å²) in [5.41, 5.74) is 5.25. The molecule has 0 aliphatic rings. The van der Waals surface area contributed by atoms with Crippen molar-refractivity contribution in [3.8, 4) is 0 Å². The third kappa shape index (κ3) is 3.16. The fraction of sp³-hybridized carbons (Fsp3) is 0.333. The minimum Gasteiger partial charge on any atom is -0.469 e. The number of anilines is 1. The smallest absolute Gasteiger partial charge is 0.311 e. The topological polar surface area (TPSA) is 65.2 Å². The van der Waals surface area contributed by atoms with Crippen LogP contribution in [0.1, 0.15) is 17.7 Å². The molecule has 0 fully saturated rings. The van der Waals surface area contributed by atoms with Crippen molar-refractivity contribution in [1.29, 1.82) is 0 Å². The van der Waals surface area contributed by atoms with Gasteiger partial charge in [-0.25, -0.2) is 13.8 Å². The zero-order chi connectivity index (χ0) is 11.4. The van der Waals surface area contributed by atoms with Gasteiger partial charge >= 0.3 is 5.97 Å². The maximum absolute atomic E-state index is 12.3. The van der Waals surface area contributed by atoms with Crippen molar-refractivity contribution in [3.63, 3.8) is 0 Å². The monoisotopic (exact) mass is 216 g/mol. The summed E-state index contributed by atoms with van der Waals surface area (Å²) < 4.78 is 29.1. The lowest BCUT2D eigenvalue weighted by molar-refractivity contribution is -0.139. The number of nitrogens with zero attached hydrogens (tertiary/aromatic N) is 1. The number of halogens is 2. The van der Waals surface area contributed by atoms with Crippen molar-refractivity contribution in [2.24, 2.45) is 0 Å².